The van der Waals surface area contributed by atoms with Crippen molar-refractivity contribution in [2.75, 3.05) is 12.4 Å². The van der Waals surface area contributed by atoms with Crippen LogP contribution in [0.5, 0.6) is 5.75 Å². The summed E-state index contributed by atoms with van der Waals surface area (Å²) in [5.74, 6) is -0.260. The Kier molecular flexibility index (Phi) is 4.33. The number of nitrogens with one attached hydrogen (secondary N) is 1. The molecule has 0 radical (unpaired) electrons. The van der Waals surface area contributed by atoms with Crippen molar-refractivity contribution >= 4 is 11.6 Å². The number of aliphatic imine (C=N–C) groups is 1. The number of rotatable bonds is 4. The average molecular weight is 343 g/mol. The SMILES string of the molecule is COC1CC(N=C(N)Nc2ccccc2OC(F)(F)F)C12CCC2. The number of halogens is 3. The molecule has 1 spiro atoms. The van der Waals surface area contributed by atoms with Crippen LogP contribution in [0, 0.1) is 5.41 Å². The summed E-state index contributed by atoms with van der Waals surface area (Å²) in [6.07, 6.45) is -0.574. The summed E-state index contributed by atoms with van der Waals surface area (Å²) in [5, 5.41) is 2.71. The summed E-state index contributed by atoms with van der Waals surface area (Å²) in [5.41, 5.74) is 6.07. The number of hydrogen-bond donors (Lipinski definition) is 2. The van der Waals surface area contributed by atoms with Crippen molar-refractivity contribution in [2.24, 2.45) is 16.1 Å². The molecule has 1 aromatic rings. The van der Waals surface area contributed by atoms with Gasteiger partial charge in [0.25, 0.3) is 0 Å². The highest BCUT2D eigenvalue weighted by Gasteiger charge is 2.59. The first-order chi connectivity index (χ1) is 11.3. The number of anilines is 1. The standard InChI is InChI=1S/C16H20F3N3O2/c1-23-13-9-12(15(13)7-4-8-15)22-14(20)21-10-5-2-3-6-11(10)24-16(17,18)19/h2-3,5-6,12-13H,4,7-9H2,1H3,(H3,20,21,22). The first-order valence-electron chi connectivity index (χ1n) is 7.82. The Bertz CT molecular complexity index is 629. The van der Waals surface area contributed by atoms with Gasteiger partial charge in [-0.2, -0.15) is 0 Å². The molecule has 0 aromatic heterocycles. The molecule has 1 aromatic carbocycles. The Morgan fingerprint density at radius 3 is 2.62 bits per heavy atom. The Labute approximate surface area is 138 Å². The van der Waals surface area contributed by atoms with E-state index in [0.29, 0.717) is 0 Å². The van der Waals surface area contributed by atoms with Crippen molar-refractivity contribution in [1.82, 2.24) is 0 Å². The molecule has 5 nitrogen and oxygen atoms in total. The van der Waals surface area contributed by atoms with Gasteiger partial charge in [-0.15, -0.1) is 13.2 Å². The van der Waals surface area contributed by atoms with Gasteiger partial charge in [-0.05, 0) is 31.4 Å². The lowest BCUT2D eigenvalue weighted by molar-refractivity contribution is -0.274. The Hall–Kier alpha value is -1.96. The van der Waals surface area contributed by atoms with Crippen LogP contribution >= 0.6 is 0 Å². The Balaban J connectivity index is 1.70. The molecule has 0 saturated heterocycles. The van der Waals surface area contributed by atoms with Gasteiger partial charge in [0.15, 0.2) is 11.7 Å². The molecular formula is C16H20F3N3O2. The van der Waals surface area contributed by atoms with Crippen LogP contribution in [0.1, 0.15) is 25.7 Å². The summed E-state index contributed by atoms with van der Waals surface area (Å²) in [6, 6.07) is 5.77. The normalized spacial score (nSPS) is 25.8. The second kappa shape index (κ2) is 6.16. The minimum atomic E-state index is -4.76. The van der Waals surface area contributed by atoms with Crippen molar-refractivity contribution in [2.45, 2.75) is 44.2 Å². The molecule has 0 amide bonds. The van der Waals surface area contributed by atoms with E-state index in [0.717, 1.165) is 25.7 Å². The van der Waals surface area contributed by atoms with Gasteiger partial charge < -0.3 is 20.5 Å². The topological polar surface area (TPSA) is 68.9 Å². The third kappa shape index (κ3) is 3.15. The lowest BCUT2D eigenvalue weighted by Crippen LogP contribution is -2.61. The molecule has 0 aliphatic heterocycles. The van der Waals surface area contributed by atoms with Crippen LogP contribution in [0.4, 0.5) is 18.9 Å². The molecule has 2 saturated carbocycles. The molecule has 2 atom stereocenters. The summed E-state index contributed by atoms with van der Waals surface area (Å²) < 4.78 is 46.8. The van der Waals surface area contributed by atoms with Crippen molar-refractivity contribution in [3.63, 3.8) is 0 Å². The van der Waals surface area contributed by atoms with Gasteiger partial charge in [-0.1, -0.05) is 18.6 Å². The fraction of sp³-hybridized carbons (Fsp3) is 0.562. The van der Waals surface area contributed by atoms with E-state index < -0.39 is 6.36 Å². The van der Waals surface area contributed by atoms with Crippen LogP contribution in [0.15, 0.2) is 29.3 Å². The van der Waals surface area contributed by atoms with Gasteiger partial charge >= 0.3 is 6.36 Å². The zero-order valence-corrected chi connectivity index (χ0v) is 13.3. The highest BCUT2D eigenvalue weighted by molar-refractivity contribution is 5.93. The number of guanidine groups is 1. The molecular weight excluding hydrogens is 323 g/mol. The van der Waals surface area contributed by atoms with Crippen molar-refractivity contribution in [3.8, 4) is 5.75 Å². The molecule has 2 fully saturated rings. The smallest absolute Gasteiger partial charge is 0.404 e. The van der Waals surface area contributed by atoms with Crippen LogP contribution in [-0.2, 0) is 4.74 Å². The van der Waals surface area contributed by atoms with E-state index in [2.05, 4.69) is 15.0 Å². The number of benzene rings is 1. The maximum absolute atomic E-state index is 12.4. The van der Waals surface area contributed by atoms with Crippen LogP contribution in [-0.4, -0.2) is 31.6 Å². The van der Waals surface area contributed by atoms with Crippen LogP contribution in [0.25, 0.3) is 0 Å². The second-order valence-corrected chi connectivity index (χ2v) is 6.25. The van der Waals surface area contributed by atoms with Crippen molar-refractivity contribution < 1.29 is 22.6 Å². The van der Waals surface area contributed by atoms with Gasteiger partial charge in [0.05, 0.1) is 17.8 Å². The van der Waals surface area contributed by atoms with Gasteiger partial charge in [0.1, 0.15) is 0 Å². The first kappa shape index (κ1) is 16.9. The fourth-order valence-corrected chi connectivity index (χ4v) is 3.60. The number of nitrogens with zero attached hydrogens (tertiary/aromatic N) is 1. The molecule has 0 bridgehead atoms. The molecule has 2 aliphatic rings. The van der Waals surface area contributed by atoms with E-state index >= 15 is 0 Å². The first-order valence-corrected chi connectivity index (χ1v) is 7.82. The maximum atomic E-state index is 12.4. The lowest BCUT2D eigenvalue weighted by Gasteiger charge is -2.59. The predicted octanol–water partition coefficient (Wildman–Crippen LogP) is 3.27. The molecule has 2 aliphatic carbocycles. The number of nitrogens with two attached hydrogens (primary N) is 1. The minimum Gasteiger partial charge on any atom is -0.404 e. The largest absolute Gasteiger partial charge is 0.573 e. The lowest BCUT2D eigenvalue weighted by atomic mass is 9.51. The molecule has 3 rings (SSSR count). The van der Waals surface area contributed by atoms with Gasteiger partial charge in [0, 0.05) is 12.5 Å². The van der Waals surface area contributed by atoms with Crippen LogP contribution in [0.2, 0.25) is 0 Å². The fourth-order valence-electron chi connectivity index (χ4n) is 3.60. The van der Waals surface area contributed by atoms with E-state index in [1.165, 1.54) is 18.2 Å². The predicted molar refractivity (Wildman–Crippen MR) is 83.9 cm³/mol. The molecule has 24 heavy (non-hydrogen) atoms. The summed E-state index contributed by atoms with van der Waals surface area (Å²) in [4.78, 5) is 4.46. The van der Waals surface area contributed by atoms with Crippen LogP contribution < -0.4 is 15.8 Å². The maximum Gasteiger partial charge on any atom is 0.573 e. The number of hydrogen-bond acceptors (Lipinski definition) is 3. The summed E-state index contributed by atoms with van der Waals surface area (Å²) in [6.45, 7) is 0. The van der Waals surface area contributed by atoms with Crippen molar-refractivity contribution in [3.05, 3.63) is 24.3 Å². The molecule has 8 heteroatoms. The molecule has 132 valence electrons. The van der Waals surface area contributed by atoms with Gasteiger partial charge in [0.2, 0.25) is 0 Å². The summed E-state index contributed by atoms with van der Waals surface area (Å²) in [7, 11) is 1.69. The quantitative estimate of drug-likeness (QED) is 0.650. The monoisotopic (exact) mass is 343 g/mol. The van der Waals surface area contributed by atoms with E-state index in [1.54, 1.807) is 13.2 Å². The Morgan fingerprint density at radius 2 is 2.04 bits per heavy atom. The number of alkyl halides is 3. The van der Waals surface area contributed by atoms with Gasteiger partial charge in [-0.3, -0.25) is 0 Å². The molecule has 2 unspecified atom stereocenters. The number of para-hydroxylation sites is 2. The third-order valence-electron chi connectivity index (χ3n) is 4.98. The van der Waals surface area contributed by atoms with E-state index in [1.807, 2.05) is 0 Å². The number of ether oxygens (including phenoxy) is 2. The minimum absolute atomic E-state index is 0.0411. The Morgan fingerprint density at radius 1 is 1.33 bits per heavy atom. The van der Waals surface area contributed by atoms with Crippen molar-refractivity contribution in [1.29, 1.82) is 0 Å². The van der Waals surface area contributed by atoms with E-state index in [4.69, 9.17) is 10.5 Å². The summed E-state index contributed by atoms with van der Waals surface area (Å²) >= 11 is 0. The highest BCUT2D eigenvalue weighted by atomic mass is 19.4. The van der Waals surface area contributed by atoms with Crippen LogP contribution in [0.3, 0.4) is 0 Å². The van der Waals surface area contributed by atoms with E-state index in [-0.39, 0.29) is 35.0 Å². The molecule has 3 N–H and O–H groups in total. The number of methoxy groups -OCH3 is 1. The molecule has 0 heterocycles. The van der Waals surface area contributed by atoms with E-state index in [9.17, 15) is 13.2 Å². The van der Waals surface area contributed by atoms with Gasteiger partial charge in [-0.25, -0.2) is 4.99 Å². The third-order valence-corrected chi connectivity index (χ3v) is 4.98. The second-order valence-electron chi connectivity index (χ2n) is 6.25. The highest BCUT2D eigenvalue weighted by Crippen LogP contribution is 2.58. The average Bonchev–Trinajstić information content (AvgIpc) is 2.42. The zero-order chi connectivity index (χ0) is 17.4. The zero-order valence-electron chi connectivity index (χ0n) is 13.3.